The molecule has 14 heavy (non-hydrogen) atoms. The van der Waals surface area contributed by atoms with Crippen LogP contribution in [0.3, 0.4) is 0 Å². The van der Waals surface area contributed by atoms with Gasteiger partial charge in [-0.1, -0.05) is 6.04 Å². The van der Waals surface area contributed by atoms with Crippen LogP contribution in [-0.4, -0.2) is 47.3 Å². The van der Waals surface area contributed by atoms with E-state index in [1.54, 1.807) is 21.3 Å². The van der Waals surface area contributed by atoms with E-state index >= 15 is 0 Å². The van der Waals surface area contributed by atoms with Crippen molar-refractivity contribution < 1.29 is 26.4 Å². The minimum Gasteiger partial charge on any atom is -0.379 e. The Morgan fingerprint density at radius 3 is 1.43 bits per heavy atom. The molecule has 0 heterocycles. The van der Waals surface area contributed by atoms with Gasteiger partial charge in [0.25, 0.3) is 0 Å². The summed E-state index contributed by atoms with van der Waals surface area (Å²) in [5, 5.41) is 0. The average Bonchev–Trinajstić information content (AvgIpc) is 2.06. The lowest BCUT2D eigenvalue weighted by Gasteiger charge is -2.05. The zero-order valence-corrected chi connectivity index (χ0v) is 12.0. The first-order valence-electron chi connectivity index (χ1n) is 4.06. The number of hydrogen-bond acceptors (Lipinski definition) is 3. The lowest BCUT2D eigenvalue weighted by molar-refractivity contribution is -0.130. The summed E-state index contributed by atoms with van der Waals surface area (Å²) in [5.41, 5.74) is 0. The molecular weight excluding hydrogens is 233 g/mol. The molecule has 0 atom stereocenters. The van der Waals surface area contributed by atoms with E-state index in [2.05, 4.69) is 0 Å². The highest BCUT2D eigenvalue weighted by Crippen LogP contribution is 2.20. The zero-order chi connectivity index (χ0) is 11.6. The summed E-state index contributed by atoms with van der Waals surface area (Å²) in [7, 11) is 3.70. The second kappa shape index (κ2) is 9.65. The average molecular weight is 250 g/mol. The van der Waals surface area contributed by atoms with Crippen LogP contribution in [0.4, 0.5) is 13.2 Å². The number of hydrogen-bond donors (Lipinski definition) is 0. The maximum atomic E-state index is 11.1. The van der Waals surface area contributed by atoms with E-state index in [0.29, 0.717) is 16.3 Å². The lowest BCUT2D eigenvalue weighted by Crippen LogP contribution is -2.21. The summed E-state index contributed by atoms with van der Waals surface area (Å²) in [5.74, 6) is 0. The van der Waals surface area contributed by atoms with Gasteiger partial charge in [0.15, 0.2) is 0 Å². The fraction of sp³-hybridized carbons (Fsp3) is 1.00. The van der Waals surface area contributed by atoms with E-state index in [1.165, 1.54) is 0 Å². The monoisotopic (exact) mass is 250 g/mol. The number of halogens is 3. The van der Waals surface area contributed by atoms with Crippen molar-refractivity contribution in [3.8, 4) is 0 Å². The fourth-order valence-electron chi connectivity index (χ4n) is 0.572. The van der Waals surface area contributed by atoms with Crippen LogP contribution < -0.4 is 0 Å². The molecule has 0 aliphatic carbocycles. The van der Waals surface area contributed by atoms with Gasteiger partial charge in [-0.3, -0.25) is 0 Å². The van der Waals surface area contributed by atoms with Crippen LogP contribution in [0.25, 0.3) is 0 Å². The fourth-order valence-corrected chi connectivity index (χ4v) is 1.72. The molecule has 0 spiro atoms. The van der Waals surface area contributed by atoms with E-state index in [-0.39, 0.29) is 0 Å². The Labute approximate surface area is 86.9 Å². The van der Waals surface area contributed by atoms with Crippen molar-refractivity contribution in [3.63, 3.8) is 0 Å². The third-order valence-corrected chi connectivity index (χ3v) is 2.77. The molecule has 8 heteroatoms. The first-order valence-corrected chi connectivity index (χ1v) is 6.89. The lowest BCUT2D eigenvalue weighted by atomic mass is 10.5. The highest BCUT2D eigenvalue weighted by Gasteiger charge is 2.24. The Bertz CT molecular complexity index is 114. The molecule has 0 rings (SSSR count). The largest absolute Gasteiger partial charge is 0.483 e. The van der Waals surface area contributed by atoms with Gasteiger partial charge in [-0.05, 0) is 0 Å². The molecule has 0 aliphatic heterocycles. The summed E-state index contributed by atoms with van der Waals surface area (Å²) >= 11 is 0. The van der Waals surface area contributed by atoms with Gasteiger partial charge in [0.05, 0.1) is 0 Å². The highest BCUT2D eigenvalue weighted by molar-refractivity contribution is 6.36. The molecule has 0 fully saturated rings. The normalized spacial score (nSPS) is 11.4. The smallest absolute Gasteiger partial charge is 0.379 e. The maximum absolute atomic E-state index is 11.1. The van der Waals surface area contributed by atoms with Crippen LogP contribution in [0, 0.1) is 0 Å². The molecule has 0 aliphatic rings. The van der Waals surface area contributed by atoms with Crippen molar-refractivity contribution in [1.29, 1.82) is 0 Å². The summed E-state index contributed by atoms with van der Waals surface area (Å²) in [6.07, 6.45) is -4.51. The van der Waals surface area contributed by atoms with Crippen molar-refractivity contribution in [2.45, 2.75) is 18.6 Å². The number of rotatable bonds is 4. The quantitative estimate of drug-likeness (QED) is 0.675. The zero-order valence-electron chi connectivity index (χ0n) is 8.85. The second-order valence-electron chi connectivity index (χ2n) is 2.36. The molecule has 0 saturated carbocycles. The predicted octanol–water partition coefficient (Wildman–Crippen LogP) is 0.365. The van der Waals surface area contributed by atoms with Gasteiger partial charge in [0.2, 0.25) is 0 Å². The molecular formula is C6H17F3O3Si2. The van der Waals surface area contributed by atoms with Gasteiger partial charge < -0.3 is 13.3 Å². The first-order chi connectivity index (χ1) is 6.41. The summed E-state index contributed by atoms with van der Waals surface area (Å²) in [6, 6.07) is 0.323. The van der Waals surface area contributed by atoms with E-state index in [0.717, 1.165) is 0 Å². The SMILES string of the molecule is CO[SiH](OC)OC.FC(F)(F)CC[SiH3]. The number of alkyl halides is 3. The Balaban J connectivity index is 0. The molecule has 0 aromatic carbocycles. The molecule has 3 nitrogen and oxygen atoms in total. The predicted molar refractivity (Wildman–Crippen MR) is 53.6 cm³/mol. The van der Waals surface area contributed by atoms with Gasteiger partial charge in [-0.2, -0.15) is 13.2 Å². The molecule has 0 aromatic rings. The van der Waals surface area contributed by atoms with Crippen LogP contribution in [0.15, 0.2) is 0 Å². The van der Waals surface area contributed by atoms with Crippen molar-refractivity contribution in [2.75, 3.05) is 21.3 Å². The Kier molecular flexibility index (Phi) is 11.4. The van der Waals surface area contributed by atoms with E-state index in [1.807, 2.05) is 0 Å². The Morgan fingerprint density at radius 2 is 1.43 bits per heavy atom. The van der Waals surface area contributed by atoms with Gasteiger partial charge in [0.1, 0.15) is 0 Å². The summed E-state index contributed by atoms with van der Waals surface area (Å²) < 4.78 is 47.5. The summed E-state index contributed by atoms with van der Waals surface area (Å²) in [6.45, 7) is 0. The first kappa shape index (κ1) is 16.5. The molecule has 0 N–H and O–H groups in total. The standard InChI is InChI=1S/C3H7F3Si.C3H10O3Si/c4-3(5,6)1-2-7;1-4-7(5-2)6-3/h1-2H2,7H3;7H,1-3H3. The van der Waals surface area contributed by atoms with Crippen LogP contribution in [0.5, 0.6) is 0 Å². The molecule has 0 aromatic heterocycles. The van der Waals surface area contributed by atoms with Gasteiger partial charge in [-0.15, -0.1) is 0 Å². The van der Waals surface area contributed by atoms with E-state index in [4.69, 9.17) is 13.3 Å². The van der Waals surface area contributed by atoms with Crippen LogP contribution in [0.2, 0.25) is 6.04 Å². The maximum Gasteiger partial charge on any atom is 0.483 e. The van der Waals surface area contributed by atoms with Crippen LogP contribution >= 0.6 is 0 Å². The van der Waals surface area contributed by atoms with E-state index in [9.17, 15) is 13.2 Å². The molecule has 0 amide bonds. The third-order valence-electron chi connectivity index (χ3n) is 1.11. The highest BCUT2D eigenvalue weighted by atomic mass is 28.3. The van der Waals surface area contributed by atoms with Crippen LogP contribution in [-0.2, 0) is 13.3 Å². The molecule has 0 bridgehead atoms. The Hall–Kier alpha value is 0.104. The van der Waals surface area contributed by atoms with Crippen molar-refractivity contribution in [2.24, 2.45) is 0 Å². The van der Waals surface area contributed by atoms with Gasteiger partial charge in [-0.25, -0.2) is 0 Å². The molecule has 0 unspecified atom stereocenters. The van der Waals surface area contributed by atoms with E-state index < -0.39 is 22.1 Å². The summed E-state index contributed by atoms with van der Waals surface area (Å²) in [4.78, 5) is 0. The minimum absolute atomic E-state index is 0.323. The van der Waals surface area contributed by atoms with Gasteiger partial charge in [0, 0.05) is 38.0 Å². The van der Waals surface area contributed by atoms with Crippen LogP contribution in [0.1, 0.15) is 6.42 Å². The third kappa shape index (κ3) is 14.6. The molecule has 0 radical (unpaired) electrons. The Morgan fingerprint density at radius 1 is 1.07 bits per heavy atom. The van der Waals surface area contributed by atoms with Crippen molar-refractivity contribution >= 4 is 19.8 Å². The minimum atomic E-state index is -3.91. The molecule has 88 valence electrons. The van der Waals surface area contributed by atoms with Crippen molar-refractivity contribution in [1.82, 2.24) is 0 Å². The topological polar surface area (TPSA) is 27.7 Å². The van der Waals surface area contributed by atoms with Gasteiger partial charge >= 0.3 is 15.7 Å². The van der Waals surface area contributed by atoms with Crippen molar-refractivity contribution in [3.05, 3.63) is 0 Å². The molecule has 0 saturated heterocycles. The second-order valence-corrected chi connectivity index (χ2v) is 5.35.